The van der Waals surface area contributed by atoms with E-state index >= 15 is 0 Å². The molecule has 17 heavy (non-hydrogen) atoms. The fourth-order valence-corrected chi connectivity index (χ4v) is 1.09. The molecule has 0 spiro atoms. The van der Waals surface area contributed by atoms with Crippen molar-refractivity contribution in [2.45, 2.75) is 12.3 Å². The fourth-order valence-electron chi connectivity index (χ4n) is 1.09. The topological polar surface area (TPSA) is 91.4 Å². The molecule has 1 heterocycles. The van der Waals surface area contributed by atoms with E-state index in [2.05, 4.69) is 10.3 Å². The first-order valence-corrected chi connectivity index (χ1v) is 4.70. The highest BCUT2D eigenvalue weighted by atomic mass is 19.4. The first-order chi connectivity index (χ1) is 7.82. The number of nitrogens with two attached hydrogens (primary N) is 1. The van der Waals surface area contributed by atoms with Gasteiger partial charge in [0.15, 0.2) is 0 Å². The van der Waals surface area contributed by atoms with Gasteiger partial charge in [0.25, 0.3) is 0 Å². The molecule has 8 heteroatoms. The Balaban J connectivity index is 2.83. The minimum atomic E-state index is -4.51. The van der Waals surface area contributed by atoms with Gasteiger partial charge in [-0.2, -0.15) is 13.2 Å². The van der Waals surface area contributed by atoms with Gasteiger partial charge < -0.3 is 21.3 Å². The van der Waals surface area contributed by atoms with Gasteiger partial charge in [0.05, 0.1) is 18.3 Å². The van der Waals surface area contributed by atoms with Crippen LogP contribution in [0.5, 0.6) is 0 Å². The Hall–Kier alpha value is -1.54. The standard InChI is InChI=1S/C9H12F3N3O2/c10-9(11,12)5-1-7(13)15-8(2-5)14-3-6(17)4-16/h1-2,6,16-17H,3-4H2,(H3,13,14,15). The van der Waals surface area contributed by atoms with Crippen LogP contribution in [0.15, 0.2) is 12.1 Å². The molecule has 0 aliphatic heterocycles. The maximum absolute atomic E-state index is 12.4. The van der Waals surface area contributed by atoms with Crippen LogP contribution in [0, 0.1) is 0 Å². The number of nitrogens with zero attached hydrogens (tertiary/aromatic N) is 1. The van der Waals surface area contributed by atoms with Gasteiger partial charge in [-0.3, -0.25) is 0 Å². The molecule has 0 aliphatic rings. The first-order valence-electron chi connectivity index (χ1n) is 4.70. The van der Waals surface area contributed by atoms with Crippen LogP contribution in [0.25, 0.3) is 0 Å². The third-order valence-electron chi connectivity index (χ3n) is 1.90. The maximum Gasteiger partial charge on any atom is 0.416 e. The molecule has 1 atom stereocenters. The average Bonchev–Trinajstić information content (AvgIpc) is 2.24. The van der Waals surface area contributed by atoms with E-state index in [4.69, 9.17) is 15.9 Å². The van der Waals surface area contributed by atoms with Crippen LogP contribution < -0.4 is 11.1 Å². The van der Waals surface area contributed by atoms with Crippen LogP contribution >= 0.6 is 0 Å². The van der Waals surface area contributed by atoms with Crippen molar-refractivity contribution < 1.29 is 23.4 Å². The predicted molar refractivity (Wildman–Crippen MR) is 55.2 cm³/mol. The Bertz CT molecular complexity index is 384. The van der Waals surface area contributed by atoms with Gasteiger partial charge in [-0.15, -0.1) is 0 Å². The number of nitrogens with one attached hydrogen (secondary N) is 1. The fraction of sp³-hybridized carbons (Fsp3) is 0.444. The summed E-state index contributed by atoms with van der Waals surface area (Å²) in [5, 5.41) is 20.0. The lowest BCUT2D eigenvalue weighted by Gasteiger charge is -2.12. The lowest BCUT2D eigenvalue weighted by Crippen LogP contribution is -2.23. The third kappa shape index (κ3) is 4.08. The van der Waals surface area contributed by atoms with Crippen molar-refractivity contribution in [1.29, 1.82) is 0 Å². The monoisotopic (exact) mass is 251 g/mol. The van der Waals surface area contributed by atoms with Crippen LogP contribution in [0.3, 0.4) is 0 Å². The van der Waals surface area contributed by atoms with Crippen molar-refractivity contribution in [3.8, 4) is 0 Å². The summed E-state index contributed by atoms with van der Waals surface area (Å²) in [6.45, 7) is -0.619. The molecule has 1 aromatic heterocycles. The van der Waals surface area contributed by atoms with Gasteiger partial charge in [0.1, 0.15) is 11.6 Å². The molecule has 96 valence electrons. The van der Waals surface area contributed by atoms with E-state index in [1.807, 2.05) is 0 Å². The highest BCUT2D eigenvalue weighted by Gasteiger charge is 2.31. The van der Waals surface area contributed by atoms with Crippen molar-refractivity contribution in [1.82, 2.24) is 4.98 Å². The zero-order valence-electron chi connectivity index (χ0n) is 8.70. The Morgan fingerprint density at radius 2 is 2.06 bits per heavy atom. The van der Waals surface area contributed by atoms with Crippen molar-refractivity contribution in [2.24, 2.45) is 0 Å². The number of nitrogen functional groups attached to an aromatic ring is 1. The molecule has 1 unspecified atom stereocenters. The van der Waals surface area contributed by atoms with Gasteiger partial charge >= 0.3 is 6.18 Å². The van der Waals surface area contributed by atoms with Crippen LogP contribution in [0.2, 0.25) is 0 Å². The first kappa shape index (κ1) is 13.5. The van der Waals surface area contributed by atoms with E-state index < -0.39 is 24.5 Å². The second-order valence-electron chi connectivity index (χ2n) is 3.38. The number of hydrogen-bond acceptors (Lipinski definition) is 5. The molecule has 5 N–H and O–H groups in total. The molecule has 0 bridgehead atoms. The molecule has 1 aromatic rings. The summed E-state index contributed by atoms with van der Waals surface area (Å²) >= 11 is 0. The molecule has 0 amide bonds. The molecule has 0 radical (unpaired) electrons. The largest absolute Gasteiger partial charge is 0.416 e. The number of rotatable bonds is 4. The summed E-state index contributed by atoms with van der Waals surface area (Å²) in [5.41, 5.74) is 4.31. The average molecular weight is 251 g/mol. The summed E-state index contributed by atoms with van der Waals surface area (Å²) < 4.78 is 37.2. The number of alkyl halides is 3. The number of hydrogen-bond donors (Lipinski definition) is 4. The SMILES string of the molecule is Nc1cc(C(F)(F)F)cc(NCC(O)CO)n1. The third-order valence-corrected chi connectivity index (χ3v) is 1.90. The summed E-state index contributed by atoms with van der Waals surface area (Å²) in [4.78, 5) is 3.63. The minimum absolute atomic E-state index is 0.107. The highest BCUT2D eigenvalue weighted by Crippen LogP contribution is 2.31. The number of anilines is 2. The molecular weight excluding hydrogens is 239 g/mol. The number of aromatic nitrogens is 1. The molecule has 5 nitrogen and oxygen atoms in total. The van der Waals surface area contributed by atoms with Crippen LogP contribution in [-0.4, -0.2) is 34.5 Å². The maximum atomic E-state index is 12.4. The Labute approximate surface area is 95.1 Å². The minimum Gasteiger partial charge on any atom is -0.394 e. The quantitative estimate of drug-likeness (QED) is 0.623. The van der Waals surface area contributed by atoms with Crippen molar-refractivity contribution in [3.63, 3.8) is 0 Å². The zero-order valence-corrected chi connectivity index (χ0v) is 8.70. The van der Waals surface area contributed by atoms with Crippen molar-refractivity contribution in [2.75, 3.05) is 24.2 Å². The van der Waals surface area contributed by atoms with E-state index in [1.54, 1.807) is 0 Å². The normalized spacial score (nSPS) is 13.5. The molecule has 0 fully saturated rings. The van der Waals surface area contributed by atoms with Gasteiger partial charge in [-0.25, -0.2) is 4.98 Å². The van der Waals surface area contributed by atoms with Crippen LogP contribution in [0.4, 0.5) is 24.8 Å². The molecule has 0 saturated carbocycles. The summed E-state index contributed by atoms with van der Waals surface area (Å²) in [6, 6.07) is 1.49. The van der Waals surface area contributed by atoms with Crippen molar-refractivity contribution in [3.05, 3.63) is 17.7 Å². The van der Waals surface area contributed by atoms with Crippen LogP contribution in [0.1, 0.15) is 5.56 Å². The van der Waals surface area contributed by atoms with Gasteiger partial charge in [0.2, 0.25) is 0 Å². The summed E-state index contributed by atoms with van der Waals surface area (Å²) in [7, 11) is 0. The summed E-state index contributed by atoms with van der Waals surface area (Å²) in [6.07, 6.45) is -5.59. The second-order valence-corrected chi connectivity index (χ2v) is 3.38. The van der Waals surface area contributed by atoms with E-state index in [9.17, 15) is 13.2 Å². The predicted octanol–water partition coefficient (Wildman–Crippen LogP) is 0.448. The van der Waals surface area contributed by atoms with Crippen molar-refractivity contribution >= 4 is 11.6 Å². The molecular formula is C9H12F3N3O2. The zero-order chi connectivity index (χ0) is 13.1. The lowest BCUT2D eigenvalue weighted by atomic mass is 10.2. The van der Waals surface area contributed by atoms with E-state index in [-0.39, 0.29) is 18.2 Å². The number of pyridine rings is 1. The van der Waals surface area contributed by atoms with E-state index in [1.165, 1.54) is 0 Å². The molecule has 1 rings (SSSR count). The molecule has 0 saturated heterocycles. The molecule has 0 aromatic carbocycles. The highest BCUT2D eigenvalue weighted by molar-refractivity contribution is 5.47. The Morgan fingerprint density at radius 1 is 1.41 bits per heavy atom. The lowest BCUT2D eigenvalue weighted by molar-refractivity contribution is -0.137. The summed E-state index contributed by atoms with van der Waals surface area (Å²) in [5.74, 6) is -0.384. The van der Waals surface area contributed by atoms with Gasteiger partial charge in [-0.05, 0) is 12.1 Å². The van der Waals surface area contributed by atoms with Gasteiger partial charge in [0, 0.05) is 6.54 Å². The van der Waals surface area contributed by atoms with E-state index in [0.717, 1.165) is 6.07 Å². The number of halogens is 3. The Kier molecular flexibility index (Phi) is 4.13. The Morgan fingerprint density at radius 3 is 2.59 bits per heavy atom. The molecule has 0 aliphatic carbocycles. The van der Waals surface area contributed by atoms with Crippen LogP contribution in [-0.2, 0) is 6.18 Å². The second kappa shape index (κ2) is 5.19. The van der Waals surface area contributed by atoms with E-state index in [0.29, 0.717) is 6.07 Å². The van der Waals surface area contributed by atoms with Gasteiger partial charge in [-0.1, -0.05) is 0 Å². The number of aliphatic hydroxyl groups excluding tert-OH is 2. The smallest absolute Gasteiger partial charge is 0.394 e. The number of aliphatic hydroxyl groups is 2.